The van der Waals surface area contributed by atoms with Crippen LogP contribution in [0.15, 0.2) is 59.4 Å². The molecular formula is C24H21ClF3N3O3S. The van der Waals surface area contributed by atoms with Crippen molar-refractivity contribution in [3.63, 3.8) is 0 Å². The van der Waals surface area contributed by atoms with Crippen LogP contribution in [0, 0.1) is 0 Å². The fourth-order valence-electron chi connectivity index (χ4n) is 4.26. The van der Waals surface area contributed by atoms with E-state index in [0.717, 1.165) is 22.1 Å². The standard InChI is InChI=1S/C24H21ClF3N3O3S/c1-22(2,16-7-14(3-4-19(16)32)15-8-29-13-30-9-15)11-23(34,24(26,27)28)12-31-10-17(25)20(33)21-18(31)5-6-35-21/h3-10,13,32,34H,11-12H2,1-2H3. The molecule has 11 heteroatoms. The minimum Gasteiger partial charge on any atom is -0.508 e. The monoisotopic (exact) mass is 523 g/mol. The fourth-order valence-corrected chi connectivity index (χ4v) is 5.39. The van der Waals surface area contributed by atoms with Crippen LogP contribution in [-0.2, 0) is 12.0 Å². The van der Waals surface area contributed by atoms with E-state index in [2.05, 4.69) is 9.97 Å². The Hall–Kier alpha value is -2.95. The van der Waals surface area contributed by atoms with E-state index in [0.29, 0.717) is 11.1 Å². The van der Waals surface area contributed by atoms with Crippen molar-refractivity contribution in [2.45, 2.75) is 44.0 Å². The average Bonchev–Trinajstić information content (AvgIpc) is 3.27. The van der Waals surface area contributed by atoms with Crippen LogP contribution in [0.2, 0.25) is 5.02 Å². The number of thiophene rings is 1. The molecule has 3 aromatic heterocycles. The zero-order chi connectivity index (χ0) is 25.6. The highest BCUT2D eigenvalue weighted by atomic mass is 35.5. The summed E-state index contributed by atoms with van der Waals surface area (Å²) in [6, 6.07) is 6.08. The van der Waals surface area contributed by atoms with Crippen LogP contribution in [-0.4, -0.2) is 36.5 Å². The molecule has 6 nitrogen and oxygen atoms in total. The van der Waals surface area contributed by atoms with Crippen LogP contribution >= 0.6 is 22.9 Å². The van der Waals surface area contributed by atoms with Gasteiger partial charge in [-0.1, -0.05) is 31.5 Å². The lowest BCUT2D eigenvalue weighted by atomic mass is 9.74. The summed E-state index contributed by atoms with van der Waals surface area (Å²) in [5, 5.41) is 22.9. The molecule has 2 N–H and O–H groups in total. The fraction of sp³-hybridized carbons (Fsp3) is 0.292. The lowest BCUT2D eigenvalue weighted by Crippen LogP contribution is -2.52. The number of aliphatic hydroxyl groups is 1. The van der Waals surface area contributed by atoms with E-state index in [9.17, 15) is 28.2 Å². The van der Waals surface area contributed by atoms with Gasteiger partial charge >= 0.3 is 6.18 Å². The summed E-state index contributed by atoms with van der Waals surface area (Å²) in [5.41, 5.74) is -3.31. The summed E-state index contributed by atoms with van der Waals surface area (Å²) in [6.07, 6.45) is -0.241. The summed E-state index contributed by atoms with van der Waals surface area (Å²) in [5.74, 6) is -0.202. The zero-order valence-electron chi connectivity index (χ0n) is 18.7. The molecule has 3 heterocycles. The van der Waals surface area contributed by atoms with E-state index in [1.807, 2.05) is 0 Å². The Bertz CT molecular complexity index is 1440. The molecule has 0 aliphatic heterocycles. The first-order valence-corrected chi connectivity index (χ1v) is 11.7. The highest BCUT2D eigenvalue weighted by Crippen LogP contribution is 2.45. The highest BCUT2D eigenvalue weighted by molar-refractivity contribution is 7.17. The van der Waals surface area contributed by atoms with Crippen LogP contribution in [0.25, 0.3) is 21.3 Å². The van der Waals surface area contributed by atoms with Gasteiger partial charge in [0.25, 0.3) is 0 Å². The number of alkyl halides is 3. The van der Waals surface area contributed by atoms with E-state index in [1.54, 1.807) is 29.9 Å². The van der Waals surface area contributed by atoms with Crippen LogP contribution in [0.3, 0.4) is 0 Å². The average molecular weight is 524 g/mol. The zero-order valence-corrected chi connectivity index (χ0v) is 20.2. The molecule has 1 aromatic carbocycles. The van der Waals surface area contributed by atoms with Crippen molar-refractivity contribution in [3.8, 4) is 16.9 Å². The molecule has 184 valence electrons. The maximum atomic E-state index is 14.4. The summed E-state index contributed by atoms with van der Waals surface area (Å²) >= 11 is 7.05. The van der Waals surface area contributed by atoms with Gasteiger partial charge in [0.1, 0.15) is 17.1 Å². The molecule has 0 saturated heterocycles. The Morgan fingerprint density at radius 3 is 2.46 bits per heavy atom. The second-order valence-corrected chi connectivity index (χ2v) is 10.3. The van der Waals surface area contributed by atoms with E-state index in [4.69, 9.17) is 11.6 Å². The number of phenolic OH excluding ortho intramolecular Hbond substituents is 1. The van der Waals surface area contributed by atoms with Gasteiger partial charge in [0.05, 0.1) is 16.8 Å². The molecule has 0 radical (unpaired) electrons. The molecule has 4 rings (SSSR count). The van der Waals surface area contributed by atoms with E-state index in [-0.39, 0.29) is 26.6 Å². The number of halogens is 4. The third kappa shape index (κ3) is 4.78. The molecular weight excluding hydrogens is 503 g/mol. The van der Waals surface area contributed by atoms with Crippen molar-refractivity contribution in [2.24, 2.45) is 0 Å². The van der Waals surface area contributed by atoms with E-state index < -0.39 is 35.6 Å². The SMILES string of the molecule is CC(C)(CC(O)(Cn1cc(Cl)c(=O)c2sccc21)C(F)(F)F)c1cc(-c2cncnc2)ccc1O. The van der Waals surface area contributed by atoms with Crippen LogP contribution in [0.1, 0.15) is 25.8 Å². The minimum atomic E-state index is -5.03. The third-order valence-corrected chi connectivity index (χ3v) is 7.13. The summed E-state index contributed by atoms with van der Waals surface area (Å²) < 4.78 is 44.4. The van der Waals surface area contributed by atoms with Gasteiger partial charge in [0, 0.05) is 29.7 Å². The second-order valence-electron chi connectivity index (χ2n) is 9.02. The van der Waals surface area contributed by atoms with Crippen molar-refractivity contribution < 1.29 is 23.4 Å². The lowest BCUT2D eigenvalue weighted by Gasteiger charge is -2.38. The minimum absolute atomic E-state index is 0.202. The van der Waals surface area contributed by atoms with Crippen molar-refractivity contribution in [2.75, 3.05) is 0 Å². The molecule has 1 atom stereocenters. The molecule has 0 fully saturated rings. The smallest absolute Gasteiger partial charge is 0.418 e. The van der Waals surface area contributed by atoms with Crippen molar-refractivity contribution in [3.05, 3.63) is 75.4 Å². The molecule has 1 unspecified atom stereocenters. The molecule has 0 aliphatic carbocycles. The van der Waals surface area contributed by atoms with Crippen molar-refractivity contribution >= 4 is 33.2 Å². The first-order valence-electron chi connectivity index (χ1n) is 10.5. The second kappa shape index (κ2) is 8.92. The number of rotatable bonds is 6. The molecule has 0 spiro atoms. The Morgan fingerprint density at radius 2 is 1.80 bits per heavy atom. The molecule has 0 aliphatic rings. The maximum absolute atomic E-state index is 14.4. The normalized spacial score (nSPS) is 14.3. The Kier molecular flexibility index (Phi) is 6.41. The first kappa shape index (κ1) is 25.2. The number of aromatic hydroxyl groups is 1. The highest BCUT2D eigenvalue weighted by Gasteiger charge is 2.56. The number of fused-ring (bicyclic) bond motifs is 1. The van der Waals surface area contributed by atoms with Crippen molar-refractivity contribution in [1.29, 1.82) is 0 Å². The lowest BCUT2D eigenvalue weighted by molar-refractivity contribution is -0.271. The van der Waals surface area contributed by atoms with Gasteiger partial charge in [-0.15, -0.1) is 11.3 Å². The molecule has 4 aromatic rings. The van der Waals surface area contributed by atoms with Gasteiger partial charge in [0.2, 0.25) is 5.43 Å². The number of phenols is 1. The summed E-state index contributed by atoms with van der Waals surface area (Å²) in [4.78, 5) is 20.1. The van der Waals surface area contributed by atoms with Gasteiger partial charge in [-0.2, -0.15) is 13.2 Å². The molecule has 0 bridgehead atoms. The Balaban J connectivity index is 1.76. The van der Waals surface area contributed by atoms with Crippen LogP contribution in [0.5, 0.6) is 5.75 Å². The number of aromatic nitrogens is 3. The van der Waals surface area contributed by atoms with Gasteiger partial charge in [0.15, 0.2) is 5.60 Å². The van der Waals surface area contributed by atoms with Gasteiger partial charge in [-0.25, -0.2) is 9.97 Å². The number of nitrogens with zero attached hydrogens (tertiary/aromatic N) is 3. The maximum Gasteiger partial charge on any atom is 0.418 e. The topological polar surface area (TPSA) is 88.2 Å². The summed E-state index contributed by atoms with van der Waals surface area (Å²) in [6.45, 7) is 2.14. The van der Waals surface area contributed by atoms with Crippen LogP contribution in [0.4, 0.5) is 13.2 Å². The summed E-state index contributed by atoms with van der Waals surface area (Å²) in [7, 11) is 0. The number of hydrogen-bond donors (Lipinski definition) is 2. The third-order valence-electron chi connectivity index (χ3n) is 5.96. The van der Waals surface area contributed by atoms with E-state index >= 15 is 0 Å². The predicted molar refractivity (Wildman–Crippen MR) is 129 cm³/mol. The van der Waals surface area contributed by atoms with Gasteiger partial charge in [-0.05, 0) is 41.0 Å². The quantitative estimate of drug-likeness (QED) is 0.346. The molecule has 0 saturated carbocycles. The predicted octanol–water partition coefficient (Wildman–Crippen LogP) is 5.54. The largest absolute Gasteiger partial charge is 0.508 e. The van der Waals surface area contributed by atoms with E-state index in [1.165, 1.54) is 32.3 Å². The number of pyridine rings is 1. The number of hydrogen-bond acceptors (Lipinski definition) is 6. The van der Waals surface area contributed by atoms with Crippen molar-refractivity contribution in [1.82, 2.24) is 14.5 Å². The van der Waals surface area contributed by atoms with Gasteiger partial charge < -0.3 is 14.8 Å². The Labute approximate surface area is 207 Å². The molecule has 35 heavy (non-hydrogen) atoms. The van der Waals surface area contributed by atoms with Gasteiger partial charge in [-0.3, -0.25) is 4.79 Å². The Morgan fingerprint density at radius 1 is 1.11 bits per heavy atom. The molecule has 0 amide bonds. The van der Waals surface area contributed by atoms with Crippen LogP contribution < -0.4 is 5.43 Å². The number of benzene rings is 1. The first-order chi connectivity index (χ1) is 16.3.